The minimum Gasteiger partial charge on any atom is -0.371 e. The maximum Gasteiger partial charge on any atom is 0.0642 e. The second kappa shape index (κ2) is 6.12. The standard InChI is InChI=1S/C13H21ClN2/c1-5-15-9-11-7-6-8-12(14)13(11)16(4)10(2)3/h6-8,10,15H,5,9H2,1-4H3. The van der Waals surface area contributed by atoms with E-state index in [2.05, 4.69) is 44.1 Å². The van der Waals surface area contributed by atoms with Crippen LogP contribution in [0.4, 0.5) is 5.69 Å². The number of hydrogen-bond donors (Lipinski definition) is 1. The molecule has 0 aliphatic rings. The van der Waals surface area contributed by atoms with Crippen LogP contribution in [0.3, 0.4) is 0 Å². The Morgan fingerprint density at radius 1 is 1.38 bits per heavy atom. The summed E-state index contributed by atoms with van der Waals surface area (Å²) < 4.78 is 0. The van der Waals surface area contributed by atoms with Gasteiger partial charge in [-0.1, -0.05) is 30.7 Å². The van der Waals surface area contributed by atoms with Crippen molar-refractivity contribution in [3.63, 3.8) is 0 Å². The normalized spacial score (nSPS) is 10.9. The zero-order chi connectivity index (χ0) is 12.1. The first-order valence-electron chi connectivity index (χ1n) is 5.78. The number of hydrogen-bond acceptors (Lipinski definition) is 2. The van der Waals surface area contributed by atoms with Gasteiger partial charge < -0.3 is 10.2 Å². The third-order valence-corrected chi connectivity index (χ3v) is 3.07. The molecule has 0 atom stereocenters. The molecule has 0 amide bonds. The summed E-state index contributed by atoms with van der Waals surface area (Å²) in [5, 5.41) is 4.17. The van der Waals surface area contributed by atoms with Gasteiger partial charge in [0.2, 0.25) is 0 Å². The molecule has 0 bridgehead atoms. The molecule has 16 heavy (non-hydrogen) atoms. The smallest absolute Gasteiger partial charge is 0.0642 e. The third kappa shape index (κ3) is 3.13. The number of rotatable bonds is 5. The Labute approximate surface area is 104 Å². The number of para-hydroxylation sites is 1. The lowest BCUT2D eigenvalue weighted by molar-refractivity contribution is 0.709. The fourth-order valence-corrected chi connectivity index (χ4v) is 1.94. The molecule has 0 radical (unpaired) electrons. The van der Waals surface area contributed by atoms with Crippen LogP contribution in [0.25, 0.3) is 0 Å². The van der Waals surface area contributed by atoms with Crippen LogP contribution in [-0.4, -0.2) is 19.6 Å². The maximum absolute atomic E-state index is 6.28. The molecule has 0 saturated heterocycles. The van der Waals surface area contributed by atoms with Crippen molar-refractivity contribution in [1.82, 2.24) is 5.32 Å². The van der Waals surface area contributed by atoms with Gasteiger partial charge in [-0.15, -0.1) is 0 Å². The van der Waals surface area contributed by atoms with Gasteiger partial charge in [-0.3, -0.25) is 0 Å². The molecule has 3 heteroatoms. The highest BCUT2D eigenvalue weighted by molar-refractivity contribution is 6.33. The Balaban J connectivity index is 3.03. The fourth-order valence-electron chi connectivity index (χ4n) is 1.62. The van der Waals surface area contributed by atoms with Crippen LogP contribution in [0.1, 0.15) is 26.3 Å². The lowest BCUT2D eigenvalue weighted by Crippen LogP contribution is -2.28. The van der Waals surface area contributed by atoms with Crippen molar-refractivity contribution < 1.29 is 0 Å². The molecular weight excluding hydrogens is 220 g/mol. The first-order valence-corrected chi connectivity index (χ1v) is 6.16. The van der Waals surface area contributed by atoms with Gasteiger partial charge in [0.1, 0.15) is 0 Å². The van der Waals surface area contributed by atoms with E-state index in [4.69, 9.17) is 11.6 Å². The summed E-state index contributed by atoms with van der Waals surface area (Å²) in [7, 11) is 2.08. The van der Waals surface area contributed by atoms with Crippen LogP contribution >= 0.6 is 11.6 Å². The molecule has 1 N–H and O–H groups in total. The number of nitrogens with zero attached hydrogens (tertiary/aromatic N) is 1. The van der Waals surface area contributed by atoms with Crippen LogP contribution in [0, 0.1) is 0 Å². The minimum atomic E-state index is 0.445. The predicted octanol–water partition coefficient (Wildman–Crippen LogP) is 3.29. The minimum absolute atomic E-state index is 0.445. The Morgan fingerprint density at radius 2 is 2.06 bits per heavy atom. The summed E-state index contributed by atoms with van der Waals surface area (Å²) in [6.45, 7) is 8.28. The Bertz CT molecular complexity index is 337. The van der Waals surface area contributed by atoms with Gasteiger partial charge in [-0.25, -0.2) is 0 Å². The molecule has 0 spiro atoms. The zero-order valence-corrected chi connectivity index (χ0v) is 11.3. The second-order valence-electron chi connectivity index (χ2n) is 4.23. The molecule has 0 unspecified atom stereocenters. The van der Waals surface area contributed by atoms with E-state index in [1.54, 1.807) is 0 Å². The summed E-state index contributed by atoms with van der Waals surface area (Å²) in [5.74, 6) is 0. The maximum atomic E-state index is 6.28. The van der Waals surface area contributed by atoms with Crippen molar-refractivity contribution >= 4 is 17.3 Å². The van der Waals surface area contributed by atoms with Gasteiger partial charge in [0, 0.05) is 19.6 Å². The molecule has 0 aliphatic carbocycles. The van der Waals surface area contributed by atoms with E-state index in [0.717, 1.165) is 23.8 Å². The molecule has 1 rings (SSSR count). The number of nitrogens with one attached hydrogen (secondary N) is 1. The van der Waals surface area contributed by atoms with E-state index >= 15 is 0 Å². The largest absolute Gasteiger partial charge is 0.371 e. The molecule has 90 valence electrons. The van der Waals surface area contributed by atoms with Crippen molar-refractivity contribution in [2.24, 2.45) is 0 Å². The number of benzene rings is 1. The van der Waals surface area contributed by atoms with Gasteiger partial charge in [0.25, 0.3) is 0 Å². The number of anilines is 1. The van der Waals surface area contributed by atoms with E-state index in [1.807, 2.05) is 12.1 Å². The van der Waals surface area contributed by atoms with Gasteiger partial charge in [0.05, 0.1) is 10.7 Å². The summed E-state index contributed by atoms with van der Waals surface area (Å²) >= 11 is 6.28. The summed E-state index contributed by atoms with van der Waals surface area (Å²) in [6.07, 6.45) is 0. The zero-order valence-electron chi connectivity index (χ0n) is 10.5. The molecular formula is C13H21ClN2. The second-order valence-corrected chi connectivity index (χ2v) is 4.64. The lowest BCUT2D eigenvalue weighted by atomic mass is 10.1. The summed E-state index contributed by atoms with van der Waals surface area (Å²) in [4.78, 5) is 2.22. The fraction of sp³-hybridized carbons (Fsp3) is 0.538. The van der Waals surface area contributed by atoms with E-state index < -0.39 is 0 Å². The van der Waals surface area contributed by atoms with E-state index in [0.29, 0.717) is 6.04 Å². The van der Waals surface area contributed by atoms with Crippen LogP contribution in [0.2, 0.25) is 5.02 Å². The molecule has 0 aromatic heterocycles. The first kappa shape index (κ1) is 13.3. The van der Waals surface area contributed by atoms with Gasteiger partial charge >= 0.3 is 0 Å². The van der Waals surface area contributed by atoms with Crippen LogP contribution in [-0.2, 0) is 6.54 Å². The molecule has 0 saturated carbocycles. The van der Waals surface area contributed by atoms with E-state index in [9.17, 15) is 0 Å². The molecule has 0 fully saturated rings. The van der Waals surface area contributed by atoms with Crippen molar-refractivity contribution in [2.75, 3.05) is 18.5 Å². The highest BCUT2D eigenvalue weighted by atomic mass is 35.5. The van der Waals surface area contributed by atoms with Crippen molar-refractivity contribution in [3.05, 3.63) is 28.8 Å². The molecule has 1 aromatic carbocycles. The lowest BCUT2D eigenvalue weighted by Gasteiger charge is -2.27. The van der Waals surface area contributed by atoms with Gasteiger partial charge in [-0.05, 0) is 32.0 Å². The molecule has 2 nitrogen and oxygen atoms in total. The quantitative estimate of drug-likeness (QED) is 0.850. The first-order chi connectivity index (χ1) is 7.57. The third-order valence-electron chi connectivity index (χ3n) is 2.76. The van der Waals surface area contributed by atoms with Gasteiger partial charge in [-0.2, -0.15) is 0 Å². The Morgan fingerprint density at radius 3 is 2.62 bits per heavy atom. The average Bonchev–Trinajstić information content (AvgIpc) is 2.25. The monoisotopic (exact) mass is 240 g/mol. The SMILES string of the molecule is CCNCc1cccc(Cl)c1N(C)C(C)C. The summed E-state index contributed by atoms with van der Waals surface area (Å²) in [6, 6.07) is 6.53. The van der Waals surface area contributed by atoms with Gasteiger partial charge in [0.15, 0.2) is 0 Å². The van der Waals surface area contributed by atoms with E-state index in [-0.39, 0.29) is 0 Å². The molecule has 1 aromatic rings. The van der Waals surface area contributed by atoms with Crippen LogP contribution in [0.5, 0.6) is 0 Å². The topological polar surface area (TPSA) is 15.3 Å². The molecule has 0 heterocycles. The summed E-state index contributed by atoms with van der Waals surface area (Å²) in [5.41, 5.74) is 2.39. The highest BCUT2D eigenvalue weighted by Gasteiger charge is 2.13. The highest BCUT2D eigenvalue weighted by Crippen LogP contribution is 2.30. The van der Waals surface area contributed by atoms with Crippen LogP contribution in [0.15, 0.2) is 18.2 Å². The van der Waals surface area contributed by atoms with Crippen molar-refractivity contribution in [3.8, 4) is 0 Å². The Hall–Kier alpha value is -0.730. The molecule has 0 aliphatic heterocycles. The van der Waals surface area contributed by atoms with E-state index in [1.165, 1.54) is 5.56 Å². The Kier molecular flexibility index (Phi) is 5.10. The van der Waals surface area contributed by atoms with Crippen LogP contribution < -0.4 is 10.2 Å². The average molecular weight is 241 g/mol. The van der Waals surface area contributed by atoms with Crippen molar-refractivity contribution in [2.45, 2.75) is 33.4 Å². The van der Waals surface area contributed by atoms with Crippen molar-refractivity contribution in [1.29, 1.82) is 0 Å². The predicted molar refractivity (Wildman–Crippen MR) is 72.4 cm³/mol. The number of halogens is 1.